The van der Waals surface area contributed by atoms with Gasteiger partial charge in [-0.1, -0.05) is 6.07 Å². The van der Waals surface area contributed by atoms with Crippen molar-refractivity contribution < 1.29 is 4.39 Å². The van der Waals surface area contributed by atoms with Gasteiger partial charge in [0.25, 0.3) is 0 Å². The first-order valence-corrected chi connectivity index (χ1v) is 9.15. The molecule has 5 rings (SSSR count). The fraction of sp³-hybridized carbons (Fsp3) is 0.263. The lowest BCUT2D eigenvalue weighted by Gasteiger charge is -2.14. The molecule has 0 amide bonds. The van der Waals surface area contributed by atoms with Crippen molar-refractivity contribution >= 4 is 28.6 Å². The van der Waals surface area contributed by atoms with Crippen LogP contribution in [0.2, 0.25) is 0 Å². The number of halogens is 1. The van der Waals surface area contributed by atoms with Crippen molar-refractivity contribution in [2.24, 2.45) is 0 Å². The van der Waals surface area contributed by atoms with E-state index in [1.807, 2.05) is 25.1 Å². The molecule has 4 aromatic rings. The highest BCUT2D eigenvalue weighted by molar-refractivity contribution is 5.75. The van der Waals surface area contributed by atoms with E-state index in [1.54, 1.807) is 18.6 Å². The van der Waals surface area contributed by atoms with Crippen molar-refractivity contribution in [3.8, 4) is 0 Å². The minimum Gasteiger partial charge on any atom is -0.348 e. The summed E-state index contributed by atoms with van der Waals surface area (Å²) in [6.07, 6.45) is 3.16. The third kappa shape index (κ3) is 3.26. The molecule has 4 N–H and O–H groups in total. The first-order valence-electron chi connectivity index (χ1n) is 9.15. The van der Waals surface area contributed by atoms with Crippen LogP contribution in [0.4, 0.5) is 22.0 Å². The summed E-state index contributed by atoms with van der Waals surface area (Å²) in [4.78, 5) is 16.1. The molecule has 28 heavy (non-hydrogen) atoms. The van der Waals surface area contributed by atoms with E-state index >= 15 is 0 Å². The Hall–Kier alpha value is -3.49. The first-order chi connectivity index (χ1) is 13.7. The molecule has 1 aliphatic carbocycles. The normalized spacial score (nSPS) is 19.5. The topological polar surface area (TPSA) is 107 Å². The molecule has 9 heteroatoms. The lowest BCUT2D eigenvalue weighted by atomic mass is 10.1. The maximum atomic E-state index is 13.2. The SMILES string of the molecule is C[C@H](Nc1nccc(Nc2cc([C@@H]3CC3F)[nH]n2)n1)c1ccc2nc[nH]c2c1. The molecule has 0 bridgehead atoms. The fourth-order valence-corrected chi connectivity index (χ4v) is 3.21. The van der Waals surface area contributed by atoms with Crippen molar-refractivity contribution in [1.29, 1.82) is 0 Å². The summed E-state index contributed by atoms with van der Waals surface area (Å²) >= 11 is 0. The number of hydrogen-bond donors (Lipinski definition) is 4. The van der Waals surface area contributed by atoms with E-state index < -0.39 is 6.17 Å². The van der Waals surface area contributed by atoms with Crippen molar-refractivity contribution in [3.63, 3.8) is 0 Å². The Labute approximate surface area is 160 Å². The highest BCUT2D eigenvalue weighted by Crippen LogP contribution is 2.43. The highest BCUT2D eigenvalue weighted by Gasteiger charge is 2.40. The van der Waals surface area contributed by atoms with E-state index in [4.69, 9.17) is 0 Å². The van der Waals surface area contributed by atoms with Gasteiger partial charge >= 0.3 is 0 Å². The van der Waals surface area contributed by atoms with Gasteiger partial charge < -0.3 is 15.6 Å². The molecular weight excluding hydrogens is 359 g/mol. The molecule has 1 aromatic carbocycles. The number of imidazole rings is 1. The van der Waals surface area contributed by atoms with Crippen molar-refractivity contribution in [1.82, 2.24) is 30.1 Å². The third-order valence-corrected chi connectivity index (χ3v) is 4.91. The Morgan fingerprint density at radius 3 is 2.93 bits per heavy atom. The van der Waals surface area contributed by atoms with Gasteiger partial charge in [-0.25, -0.2) is 14.4 Å². The van der Waals surface area contributed by atoms with E-state index in [0.717, 1.165) is 22.3 Å². The number of aromatic amines is 2. The Balaban J connectivity index is 1.29. The van der Waals surface area contributed by atoms with Gasteiger partial charge in [-0.15, -0.1) is 0 Å². The molecule has 1 aliphatic rings. The van der Waals surface area contributed by atoms with Crippen LogP contribution in [0.15, 0.2) is 42.9 Å². The van der Waals surface area contributed by atoms with Gasteiger partial charge in [0, 0.05) is 23.9 Å². The van der Waals surface area contributed by atoms with Gasteiger partial charge in [-0.2, -0.15) is 10.1 Å². The van der Waals surface area contributed by atoms with Crippen molar-refractivity contribution in [3.05, 3.63) is 54.1 Å². The molecule has 3 atom stereocenters. The summed E-state index contributed by atoms with van der Waals surface area (Å²) in [5, 5.41) is 13.5. The predicted molar refractivity (Wildman–Crippen MR) is 104 cm³/mol. The molecular formula is C19H19FN8. The fourth-order valence-electron chi connectivity index (χ4n) is 3.21. The van der Waals surface area contributed by atoms with Crippen molar-refractivity contribution in [2.75, 3.05) is 10.6 Å². The number of hydrogen-bond acceptors (Lipinski definition) is 6. The number of fused-ring (bicyclic) bond motifs is 1. The standard InChI is InChI=1S/C19H19FN8/c1-10(11-2-3-14-16(6-11)23-9-22-14)24-19-21-5-4-17(26-19)25-18-8-15(27-28-18)12-7-13(12)20/h2-6,8-10,12-13H,7H2,1H3,(H,22,23)(H3,21,24,25,26,27,28)/t10-,12+,13?/m0/s1. The predicted octanol–water partition coefficient (Wildman–Crippen LogP) is 3.82. The Bertz CT molecular complexity index is 1120. The molecule has 3 heterocycles. The molecule has 0 saturated heterocycles. The van der Waals surface area contributed by atoms with Crippen LogP contribution in [0.3, 0.4) is 0 Å². The van der Waals surface area contributed by atoms with E-state index in [1.165, 1.54) is 0 Å². The number of nitrogens with zero attached hydrogens (tertiary/aromatic N) is 4. The lowest BCUT2D eigenvalue weighted by molar-refractivity contribution is 0.466. The molecule has 1 fully saturated rings. The van der Waals surface area contributed by atoms with Crippen LogP contribution in [0.1, 0.15) is 36.6 Å². The number of aromatic nitrogens is 6. The number of benzene rings is 1. The molecule has 1 saturated carbocycles. The second-order valence-corrected chi connectivity index (χ2v) is 7.00. The quantitative estimate of drug-likeness (QED) is 0.406. The van der Waals surface area contributed by atoms with Gasteiger partial charge in [0.1, 0.15) is 12.0 Å². The highest BCUT2D eigenvalue weighted by atomic mass is 19.1. The monoisotopic (exact) mass is 378 g/mol. The average Bonchev–Trinajstić information content (AvgIpc) is 3.09. The minimum atomic E-state index is -0.759. The van der Waals surface area contributed by atoms with Gasteiger partial charge in [0.2, 0.25) is 5.95 Å². The zero-order valence-corrected chi connectivity index (χ0v) is 15.1. The number of nitrogens with one attached hydrogen (secondary N) is 4. The lowest BCUT2D eigenvalue weighted by Crippen LogP contribution is -2.10. The average molecular weight is 378 g/mol. The Morgan fingerprint density at radius 1 is 1.18 bits per heavy atom. The molecule has 1 unspecified atom stereocenters. The molecule has 0 aliphatic heterocycles. The Kier molecular flexibility index (Phi) is 3.92. The molecule has 0 radical (unpaired) electrons. The number of rotatable bonds is 6. The third-order valence-electron chi connectivity index (χ3n) is 4.91. The summed E-state index contributed by atoms with van der Waals surface area (Å²) < 4.78 is 13.2. The zero-order chi connectivity index (χ0) is 19.1. The van der Waals surface area contributed by atoms with Gasteiger partial charge in [0.05, 0.1) is 23.4 Å². The van der Waals surface area contributed by atoms with E-state index in [0.29, 0.717) is 24.0 Å². The van der Waals surface area contributed by atoms with Crippen LogP contribution in [-0.2, 0) is 0 Å². The van der Waals surface area contributed by atoms with Gasteiger partial charge in [-0.05, 0) is 37.1 Å². The van der Waals surface area contributed by atoms with Crippen LogP contribution >= 0.6 is 0 Å². The summed E-state index contributed by atoms with van der Waals surface area (Å²) in [5.74, 6) is 1.67. The Morgan fingerprint density at radius 2 is 2.07 bits per heavy atom. The van der Waals surface area contributed by atoms with Gasteiger partial charge in [0.15, 0.2) is 5.82 Å². The first kappa shape index (κ1) is 16.7. The minimum absolute atomic E-state index is 0.0105. The largest absolute Gasteiger partial charge is 0.348 e. The summed E-state index contributed by atoms with van der Waals surface area (Å²) in [6.45, 7) is 2.05. The second kappa shape index (κ2) is 6.59. The smallest absolute Gasteiger partial charge is 0.225 e. The van der Waals surface area contributed by atoms with Crippen LogP contribution in [-0.4, -0.2) is 36.3 Å². The zero-order valence-electron chi connectivity index (χ0n) is 15.1. The number of alkyl halides is 1. The summed E-state index contributed by atoms with van der Waals surface area (Å²) in [7, 11) is 0. The second-order valence-electron chi connectivity index (χ2n) is 7.00. The molecule has 8 nitrogen and oxygen atoms in total. The van der Waals surface area contributed by atoms with Crippen LogP contribution in [0, 0.1) is 0 Å². The molecule has 0 spiro atoms. The maximum absolute atomic E-state index is 13.2. The van der Waals surface area contributed by atoms with Gasteiger partial charge in [-0.3, -0.25) is 5.10 Å². The van der Waals surface area contributed by atoms with E-state index in [2.05, 4.69) is 46.8 Å². The van der Waals surface area contributed by atoms with E-state index in [-0.39, 0.29) is 12.0 Å². The van der Waals surface area contributed by atoms with Crippen LogP contribution in [0.5, 0.6) is 0 Å². The molecule has 142 valence electrons. The van der Waals surface area contributed by atoms with E-state index in [9.17, 15) is 4.39 Å². The summed E-state index contributed by atoms with van der Waals surface area (Å²) in [6, 6.07) is 9.66. The van der Waals surface area contributed by atoms with Crippen LogP contribution in [0.25, 0.3) is 11.0 Å². The molecule has 3 aromatic heterocycles. The number of anilines is 3. The van der Waals surface area contributed by atoms with Crippen LogP contribution < -0.4 is 10.6 Å². The van der Waals surface area contributed by atoms with Crippen molar-refractivity contribution in [2.45, 2.75) is 31.5 Å². The summed E-state index contributed by atoms with van der Waals surface area (Å²) in [5.41, 5.74) is 3.83. The number of H-pyrrole nitrogens is 2. The maximum Gasteiger partial charge on any atom is 0.225 e.